The van der Waals surface area contributed by atoms with Crippen molar-refractivity contribution in [1.29, 1.82) is 0 Å². The average Bonchev–Trinajstić information content (AvgIpc) is 3.57. The molecular formula is C39H66NO12W2-. The topological polar surface area (TPSA) is 172 Å². The number of imide groups is 1. The standard InChI is InChI=1S/C7H9NO2.C7H10O2.C6H12O2.C4H6O2.2C4H6O.C3H6O.C2H5O.2CH3.2W/c1-4-5(2)7(10)8(3)6(4)9;1-3-6-4-5(2)7(8)9-6;1-6(3-7-2)4-8-5-6;1-3-4(5)6-2;2*1-3-4(2)5;1-3-4-2;1-2-3;;;;/h1-3H3;6H,2-4H2,1H3;3-5H2,1-2H3;3H,1H2,2H3;2H,3H2,1H3;3H,1H2,2H3;3H,1H2,2H3;2-3H,1H3;2*1H3;;/q;;;;;;;3*-1;;+2/i;;;;;;;;1D;;;. The summed E-state index contributed by atoms with van der Waals surface area (Å²) in [7, 11) is 8.59. The molecule has 3 aliphatic heterocycles. The molecule has 0 saturated carbocycles. The number of nitrogens with zero attached hydrogens (tertiary/aromatic N) is 1. The van der Waals surface area contributed by atoms with Crippen molar-refractivity contribution in [3.05, 3.63) is 82.9 Å². The summed E-state index contributed by atoms with van der Waals surface area (Å²) in [4.78, 5) is 63.4. The van der Waals surface area contributed by atoms with Gasteiger partial charge in [-0.3, -0.25) is 19.3 Å². The number of ether oxygens (including phenoxy) is 5. The van der Waals surface area contributed by atoms with E-state index < -0.39 is 5.97 Å². The normalized spacial score (nSPS) is 14.7. The van der Waals surface area contributed by atoms with Gasteiger partial charge in [0.25, 0.3) is 11.8 Å². The molecule has 1 atom stereocenters. The minimum absolute atomic E-state index is 0. The van der Waals surface area contributed by atoms with Gasteiger partial charge in [-0.2, -0.15) is 6.92 Å². The third kappa shape index (κ3) is 38.8. The van der Waals surface area contributed by atoms with Crippen LogP contribution >= 0.6 is 0 Å². The third-order valence-electron chi connectivity index (χ3n) is 6.00. The zero-order valence-corrected chi connectivity index (χ0v) is 40.3. The third-order valence-corrected chi connectivity index (χ3v) is 6.95. The number of likely N-dealkylation sites (N-methyl/N-ethyl adjacent to an activating group) is 1. The molecule has 0 aromatic rings. The molecule has 0 radical (unpaired) electrons. The maximum Gasteiger partial charge on any atom is 2.00 e. The number of amides is 2. The molecule has 1 unspecified atom stereocenters. The molecule has 54 heavy (non-hydrogen) atoms. The second-order valence-corrected chi connectivity index (χ2v) is 11.4. The number of aliphatic hydroxyl groups excluding tert-OH is 1. The number of cyclic esters (lactones) is 1. The Morgan fingerprint density at radius 1 is 1.06 bits per heavy atom. The Labute approximate surface area is 352 Å². The van der Waals surface area contributed by atoms with Crippen LogP contribution in [0.15, 0.2) is 61.4 Å². The van der Waals surface area contributed by atoms with Gasteiger partial charge in [0.1, 0.15) is 6.10 Å². The summed E-state index contributed by atoms with van der Waals surface area (Å²) in [5, 5.41) is 7.44. The van der Waals surface area contributed by atoms with Crippen LogP contribution in [0.4, 0.5) is 0 Å². The van der Waals surface area contributed by atoms with E-state index in [0.29, 0.717) is 28.6 Å². The summed E-state index contributed by atoms with van der Waals surface area (Å²) in [5.74, 6) is -0.697. The Morgan fingerprint density at radius 2 is 1.46 bits per heavy atom. The van der Waals surface area contributed by atoms with Gasteiger partial charge in [0.2, 0.25) is 0 Å². The SMILES string of the molecule is C=C1CC(CC)OC1=O.C=CC(=O)OC.C=CC(C)=O.C=COC.CC1=C(C)C(=O)N(C)C1=O.CCC(=O)[CH]=[W].COCC1(C)COC1.C[CH-]O.[2H][CH2-].[CH3-].[W+2]. The van der Waals surface area contributed by atoms with Crippen LogP contribution in [-0.2, 0) is 92.9 Å². The van der Waals surface area contributed by atoms with Crippen LogP contribution in [0.3, 0.4) is 0 Å². The Balaban J connectivity index is -0.0000000774. The first-order valence-electron chi connectivity index (χ1n) is 16.3. The maximum atomic E-state index is 11.0. The minimum Gasteiger partial charge on any atom is -0.566 e. The number of allylic oxidation sites excluding steroid dienone is 1. The zero-order valence-electron chi connectivity index (χ0n) is 35.4. The van der Waals surface area contributed by atoms with Gasteiger partial charge in [-0.1, -0.05) is 40.2 Å². The maximum absolute atomic E-state index is 11.0. The van der Waals surface area contributed by atoms with E-state index in [1.165, 1.54) is 52.8 Å². The number of methoxy groups -OCH3 is 3. The van der Waals surface area contributed by atoms with Crippen molar-refractivity contribution < 1.29 is 99.3 Å². The average molecular weight is 1110 g/mol. The van der Waals surface area contributed by atoms with Crippen LogP contribution < -0.4 is 0 Å². The number of carbonyl (C=O) groups is 6. The van der Waals surface area contributed by atoms with E-state index in [2.05, 4.69) is 50.1 Å². The number of carbonyl (C=O) groups excluding carboxylic acids is 6. The van der Waals surface area contributed by atoms with Crippen molar-refractivity contribution in [3.63, 3.8) is 0 Å². The first kappa shape index (κ1) is 65.9. The Hall–Kier alpha value is -2.95. The fourth-order valence-electron chi connectivity index (χ4n) is 2.83. The van der Waals surface area contributed by atoms with Gasteiger partial charge in [-0.25, -0.2) is 17.6 Å². The molecular weight excluding hydrogens is 1040 g/mol. The molecule has 2 fully saturated rings. The van der Waals surface area contributed by atoms with Crippen molar-refractivity contribution in [2.45, 2.75) is 73.8 Å². The van der Waals surface area contributed by atoms with Gasteiger partial charge in [-0.05, 0) is 33.3 Å². The summed E-state index contributed by atoms with van der Waals surface area (Å²) in [6, 6.07) is 0. The van der Waals surface area contributed by atoms with Crippen LogP contribution in [0.5, 0.6) is 0 Å². The summed E-state index contributed by atoms with van der Waals surface area (Å²) >= 11 is 1.25. The van der Waals surface area contributed by atoms with Crippen molar-refractivity contribution in [3.8, 4) is 0 Å². The van der Waals surface area contributed by atoms with Gasteiger partial charge in [0.15, 0.2) is 5.78 Å². The second kappa shape index (κ2) is 44.4. The van der Waals surface area contributed by atoms with Gasteiger partial charge >= 0.3 is 80.7 Å². The fourth-order valence-corrected chi connectivity index (χ4v) is 3.43. The molecule has 13 nitrogen and oxygen atoms in total. The van der Waals surface area contributed by atoms with Crippen LogP contribution in [0.25, 0.3) is 0 Å². The molecule has 15 heteroatoms. The molecule has 2 amide bonds. The number of rotatable bonds is 8. The molecule has 3 heterocycles. The molecule has 0 aromatic carbocycles. The van der Waals surface area contributed by atoms with E-state index in [4.69, 9.17) is 20.7 Å². The van der Waals surface area contributed by atoms with Gasteiger partial charge in [-0.15, -0.1) is 0 Å². The molecule has 0 bridgehead atoms. The molecule has 3 aliphatic rings. The van der Waals surface area contributed by atoms with Crippen LogP contribution in [0.2, 0.25) is 0 Å². The molecule has 1 N–H and O–H groups in total. The quantitative estimate of drug-likeness (QED) is 0.101. The fraction of sp³-hybridized carbons (Fsp3) is 0.487. The Kier molecular flexibility index (Phi) is 54.2. The zero-order chi connectivity index (χ0) is 43.2. The van der Waals surface area contributed by atoms with Gasteiger partial charge < -0.3 is 43.6 Å². The largest absolute Gasteiger partial charge is 2.00 e. The van der Waals surface area contributed by atoms with E-state index in [0.717, 1.165) is 50.2 Å². The van der Waals surface area contributed by atoms with E-state index >= 15 is 0 Å². The molecule has 0 aliphatic carbocycles. The van der Waals surface area contributed by atoms with E-state index in [-0.39, 0.29) is 63.9 Å². The Morgan fingerprint density at radius 3 is 1.54 bits per heavy atom. The number of hydrogen-bond acceptors (Lipinski definition) is 12. The monoisotopic (exact) mass is 1110 g/mol. The summed E-state index contributed by atoms with van der Waals surface area (Å²) < 4.78 is 30.5. The molecule has 312 valence electrons. The number of ketones is 2. The first-order valence-corrected chi connectivity index (χ1v) is 17.3. The van der Waals surface area contributed by atoms with Gasteiger partial charge in [0, 0.05) is 48.8 Å². The second-order valence-electron chi connectivity index (χ2n) is 10.5. The van der Waals surface area contributed by atoms with E-state index in [1.807, 2.05) is 13.8 Å². The predicted molar refractivity (Wildman–Crippen MR) is 207 cm³/mol. The van der Waals surface area contributed by atoms with Crippen LogP contribution in [0, 0.1) is 26.9 Å². The van der Waals surface area contributed by atoms with E-state index in [1.54, 1.807) is 39.4 Å². The molecule has 2 saturated heterocycles. The van der Waals surface area contributed by atoms with Crippen molar-refractivity contribution in [2.75, 3.05) is 48.2 Å². The number of esters is 2. The molecule has 0 spiro atoms. The number of hydrogen-bond donors (Lipinski definition) is 1. The summed E-state index contributed by atoms with van der Waals surface area (Å²) in [5.41, 5.74) is 2.07. The summed E-state index contributed by atoms with van der Waals surface area (Å²) in [6.07, 6.45) is 6.13. The number of Topliss-reactive ketones (excluding diaryl/α,β-unsaturated/α-hetero) is 1. The van der Waals surface area contributed by atoms with Crippen molar-refractivity contribution in [1.82, 2.24) is 4.90 Å². The smallest absolute Gasteiger partial charge is 0.566 e. The van der Waals surface area contributed by atoms with Crippen LogP contribution in [-0.4, -0.2) is 104 Å². The van der Waals surface area contributed by atoms with Crippen molar-refractivity contribution >= 4 is 39.7 Å². The number of aliphatic hydroxyl groups is 1. The molecule has 0 aromatic heterocycles. The molecule has 3 rings (SSSR count). The minimum atomic E-state index is -0.394. The summed E-state index contributed by atoms with van der Waals surface area (Å²) in [6.45, 7) is 29.1. The predicted octanol–water partition coefficient (Wildman–Crippen LogP) is 5.90. The van der Waals surface area contributed by atoms with Crippen LogP contribution in [0.1, 0.15) is 69.1 Å². The Bertz CT molecular complexity index is 1110. The van der Waals surface area contributed by atoms with E-state index in [9.17, 15) is 28.8 Å². The first-order chi connectivity index (χ1) is 24.8. The van der Waals surface area contributed by atoms with Crippen molar-refractivity contribution in [2.24, 2.45) is 5.41 Å². The van der Waals surface area contributed by atoms with Gasteiger partial charge in [0.05, 0.1) is 40.3 Å².